The first kappa shape index (κ1) is 14.7. The second-order valence-corrected chi connectivity index (χ2v) is 5.63. The van der Waals surface area contributed by atoms with Gasteiger partial charge in [-0.05, 0) is 25.0 Å². The third kappa shape index (κ3) is 3.90. The Morgan fingerprint density at radius 2 is 2.14 bits per heavy atom. The molecular weight excluding hydrogens is 280 g/mol. The SMILES string of the molecule is O=C(CCc1nc(-c2ccccn2)no1)NC1CCCCC1. The summed E-state index contributed by atoms with van der Waals surface area (Å²) < 4.78 is 5.18. The molecule has 2 heterocycles. The van der Waals surface area contributed by atoms with Crippen LogP contribution in [0.2, 0.25) is 0 Å². The molecule has 1 aliphatic carbocycles. The van der Waals surface area contributed by atoms with Gasteiger partial charge in [0.1, 0.15) is 5.69 Å². The number of carbonyl (C=O) groups is 1. The topological polar surface area (TPSA) is 80.9 Å². The molecule has 1 saturated carbocycles. The van der Waals surface area contributed by atoms with E-state index in [2.05, 4.69) is 20.4 Å². The zero-order valence-electron chi connectivity index (χ0n) is 12.5. The van der Waals surface area contributed by atoms with Gasteiger partial charge in [0.15, 0.2) is 0 Å². The molecule has 2 aromatic rings. The summed E-state index contributed by atoms with van der Waals surface area (Å²) in [7, 11) is 0. The highest BCUT2D eigenvalue weighted by molar-refractivity contribution is 5.76. The molecule has 1 amide bonds. The van der Waals surface area contributed by atoms with E-state index >= 15 is 0 Å². The van der Waals surface area contributed by atoms with Crippen molar-refractivity contribution < 1.29 is 9.32 Å². The van der Waals surface area contributed by atoms with Crippen LogP contribution in [0.4, 0.5) is 0 Å². The first-order valence-corrected chi connectivity index (χ1v) is 7.84. The molecule has 6 nitrogen and oxygen atoms in total. The molecule has 1 fully saturated rings. The van der Waals surface area contributed by atoms with Gasteiger partial charge in [-0.2, -0.15) is 4.98 Å². The van der Waals surface area contributed by atoms with Gasteiger partial charge in [0.2, 0.25) is 17.6 Å². The lowest BCUT2D eigenvalue weighted by molar-refractivity contribution is -0.122. The van der Waals surface area contributed by atoms with Gasteiger partial charge in [0.05, 0.1) is 0 Å². The van der Waals surface area contributed by atoms with Gasteiger partial charge in [-0.15, -0.1) is 0 Å². The standard InChI is InChI=1S/C16H20N4O2/c21-14(18-12-6-2-1-3-7-12)9-10-15-19-16(20-22-15)13-8-4-5-11-17-13/h4-5,8,11-12H,1-3,6-7,9-10H2,(H,18,21). The number of rotatable bonds is 5. The Balaban J connectivity index is 1.49. The van der Waals surface area contributed by atoms with Gasteiger partial charge < -0.3 is 9.84 Å². The summed E-state index contributed by atoms with van der Waals surface area (Å²) in [6.45, 7) is 0. The van der Waals surface area contributed by atoms with E-state index in [0.29, 0.717) is 36.3 Å². The van der Waals surface area contributed by atoms with Crippen molar-refractivity contribution in [3.05, 3.63) is 30.3 Å². The highest BCUT2D eigenvalue weighted by Gasteiger charge is 2.16. The fourth-order valence-electron chi connectivity index (χ4n) is 2.72. The third-order valence-corrected chi connectivity index (χ3v) is 3.90. The van der Waals surface area contributed by atoms with E-state index in [1.165, 1.54) is 19.3 Å². The Bertz CT molecular complexity index is 606. The number of hydrogen-bond acceptors (Lipinski definition) is 5. The number of nitrogens with zero attached hydrogens (tertiary/aromatic N) is 3. The predicted octanol–water partition coefficient (Wildman–Crippen LogP) is 2.51. The van der Waals surface area contributed by atoms with Crippen LogP contribution in [0.1, 0.15) is 44.4 Å². The minimum absolute atomic E-state index is 0.0597. The van der Waals surface area contributed by atoms with Gasteiger partial charge in [0, 0.05) is 25.1 Å². The van der Waals surface area contributed by atoms with E-state index in [1.54, 1.807) is 6.20 Å². The minimum atomic E-state index is 0.0597. The van der Waals surface area contributed by atoms with Crippen molar-refractivity contribution in [3.8, 4) is 11.5 Å². The molecule has 0 aromatic carbocycles. The minimum Gasteiger partial charge on any atom is -0.353 e. The van der Waals surface area contributed by atoms with Gasteiger partial charge >= 0.3 is 0 Å². The zero-order chi connectivity index (χ0) is 15.2. The first-order chi connectivity index (χ1) is 10.8. The summed E-state index contributed by atoms with van der Waals surface area (Å²) in [5, 5.41) is 6.99. The Labute approximate surface area is 129 Å². The van der Waals surface area contributed by atoms with Crippen LogP contribution in [0, 0.1) is 0 Å². The van der Waals surface area contributed by atoms with E-state index in [9.17, 15) is 4.79 Å². The first-order valence-electron chi connectivity index (χ1n) is 7.84. The van der Waals surface area contributed by atoms with Crippen LogP contribution < -0.4 is 5.32 Å². The average Bonchev–Trinajstić information content (AvgIpc) is 3.04. The Hall–Kier alpha value is -2.24. The molecular formula is C16H20N4O2. The van der Waals surface area contributed by atoms with Crippen LogP contribution in [-0.2, 0) is 11.2 Å². The number of pyridine rings is 1. The molecule has 0 saturated heterocycles. The van der Waals surface area contributed by atoms with Crippen molar-refractivity contribution in [2.75, 3.05) is 0 Å². The molecule has 116 valence electrons. The molecule has 0 unspecified atom stereocenters. The van der Waals surface area contributed by atoms with Gasteiger partial charge in [0.25, 0.3) is 0 Å². The van der Waals surface area contributed by atoms with E-state index in [1.807, 2.05) is 18.2 Å². The summed E-state index contributed by atoms with van der Waals surface area (Å²) in [4.78, 5) is 20.4. The number of carbonyl (C=O) groups excluding carboxylic acids is 1. The lowest BCUT2D eigenvalue weighted by Gasteiger charge is -2.22. The van der Waals surface area contributed by atoms with Gasteiger partial charge in [-0.25, -0.2) is 0 Å². The Morgan fingerprint density at radius 1 is 1.27 bits per heavy atom. The largest absolute Gasteiger partial charge is 0.353 e. The number of aryl methyl sites for hydroxylation is 1. The molecule has 1 aliphatic rings. The maximum absolute atomic E-state index is 11.9. The molecule has 0 bridgehead atoms. The molecule has 0 aliphatic heterocycles. The second kappa shape index (κ2) is 7.15. The van der Waals surface area contributed by atoms with Gasteiger partial charge in [-0.3, -0.25) is 9.78 Å². The van der Waals surface area contributed by atoms with Crippen molar-refractivity contribution in [1.82, 2.24) is 20.4 Å². The lowest BCUT2D eigenvalue weighted by Crippen LogP contribution is -2.36. The van der Waals surface area contributed by atoms with Crippen molar-refractivity contribution in [2.24, 2.45) is 0 Å². The maximum atomic E-state index is 11.9. The molecule has 1 N–H and O–H groups in total. The van der Waals surface area contributed by atoms with E-state index in [4.69, 9.17) is 4.52 Å². The van der Waals surface area contributed by atoms with Crippen LogP contribution in [0.3, 0.4) is 0 Å². The zero-order valence-corrected chi connectivity index (χ0v) is 12.5. The molecule has 0 radical (unpaired) electrons. The predicted molar refractivity (Wildman–Crippen MR) is 80.9 cm³/mol. The van der Waals surface area contributed by atoms with Crippen LogP contribution in [0.15, 0.2) is 28.9 Å². The van der Waals surface area contributed by atoms with E-state index in [0.717, 1.165) is 12.8 Å². The number of hydrogen-bond donors (Lipinski definition) is 1. The smallest absolute Gasteiger partial charge is 0.227 e. The summed E-state index contributed by atoms with van der Waals surface area (Å²) >= 11 is 0. The third-order valence-electron chi connectivity index (χ3n) is 3.90. The molecule has 0 spiro atoms. The second-order valence-electron chi connectivity index (χ2n) is 5.63. The quantitative estimate of drug-likeness (QED) is 0.917. The maximum Gasteiger partial charge on any atom is 0.227 e. The average molecular weight is 300 g/mol. The monoisotopic (exact) mass is 300 g/mol. The Kier molecular flexibility index (Phi) is 4.78. The summed E-state index contributed by atoms with van der Waals surface area (Å²) in [5.74, 6) is 0.993. The fourth-order valence-corrected chi connectivity index (χ4v) is 2.72. The lowest BCUT2D eigenvalue weighted by atomic mass is 9.95. The van der Waals surface area contributed by atoms with Crippen molar-refractivity contribution >= 4 is 5.91 Å². The van der Waals surface area contributed by atoms with Crippen molar-refractivity contribution in [1.29, 1.82) is 0 Å². The molecule has 3 rings (SSSR count). The number of nitrogens with one attached hydrogen (secondary N) is 1. The van der Waals surface area contributed by atoms with Crippen LogP contribution in [0.25, 0.3) is 11.5 Å². The molecule has 2 aromatic heterocycles. The van der Waals surface area contributed by atoms with Crippen LogP contribution in [-0.4, -0.2) is 27.1 Å². The van der Waals surface area contributed by atoms with E-state index < -0.39 is 0 Å². The Morgan fingerprint density at radius 3 is 2.91 bits per heavy atom. The van der Waals surface area contributed by atoms with E-state index in [-0.39, 0.29) is 5.91 Å². The van der Waals surface area contributed by atoms with Crippen molar-refractivity contribution in [2.45, 2.75) is 51.0 Å². The summed E-state index contributed by atoms with van der Waals surface area (Å²) in [6.07, 6.45) is 8.41. The molecule has 6 heteroatoms. The number of amides is 1. The summed E-state index contributed by atoms with van der Waals surface area (Å²) in [6, 6.07) is 5.87. The number of aromatic nitrogens is 3. The summed E-state index contributed by atoms with van der Waals surface area (Å²) in [5.41, 5.74) is 0.671. The highest BCUT2D eigenvalue weighted by Crippen LogP contribution is 2.17. The highest BCUT2D eigenvalue weighted by atomic mass is 16.5. The van der Waals surface area contributed by atoms with Gasteiger partial charge in [-0.1, -0.05) is 30.5 Å². The normalized spacial score (nSPS) is 15.6. The fraction of sp³-hybridized carbons (Fsp3) is 0.500. The van der Waals surface area contributed by atoms with Crippen molar-refractivity contribution in [3.63, 3.8) is 0 Å². The van der Waals surface area contributed by atoms with Crippen LogP contribution in [0.5, 0.6) is 0 Å². The molecule has 22 heavy (non-hydrogen) atoms. The molecule has 0 atom stereocenters. The van der Waals surface area contributed by atoms with Crippen LogP contribution >= 0.6 is 0 Å².